The summed E-state index contributed by atoms with van der Waals surface area (Å²) in [5.41, 5.74) is 0.412. The van der Waals surface area contributed by atoms with Crippen molar-refractivity contribution < 1.29 is 33.0 Å². The molecule has 0 aromatic heterocycles. The minimum atomic E-state index is -2.10. The van der Waals surface area contributed by atoms with Crippen molar-refractivity contribution >= 4 is 29.5 Å². The molecule has 0 amide bonds. The number of hydrogen-bond donors (Lipinski definition) is 2. The molecule has 1 atom stereocenters. The average molecular weight is 282 g/mol. The van der Waals surface area contributed by atoms with Gasteiger partial charge >= 0.3 is 0 Å². The number of hydrogen-bond acceptors (Lipinski definition) is 3. The molecular weight excluding hydrogens is 274 g/mol. The maximum atomic E-state index is 10.9. The van der Waals surface area contributed by atoms with E-state index in [1.54, 1.807) is 6.07 Å². The van der Waals surface area contributed by atoms with Gasteiger partial charge in [0.25, 0.3) is 0 Å². The van der Waals surface area contributed by atoms with E-state index in [2.05, 4.69) is 12.6 Å². The SMILES string of the molecule is CC(=O)c1ccc(S)c(S(=O)O)c1.[Zn]. The molecule has 1 rings (SSSR count). The zero-order chi connectivity index (χ0) is 10.0. The Balaban J connectivity index is 0.00000169. The second kappa shape index (κ2) is 5.76. The van der Waals surface area contributed by atoms with Gasteiger partial charge < -0.3 is 4.55 Å². The summed E-state index contributed by atoms with van der Waals surface area (Å²) >= 11 is 1.89. The molecule has 1 unspecified atom stereocenters. The Morgan fingerprint density at radius 3 is 2.50 bits per heavy atom. The maximum absolute atomic E-state index is 10.9. The molecule has 1 aromatic carbocycles. The summed E-state index contributed by atoms with van der Waals surface area (Å²) in [5.74, 6) is -0.139. The third-order valence-corrected chi connectivity index (χ3v) is 2.81. The van der Waals surface area contributed by atoms with Gasteiger partial charge in [-0.25, -0.2) is 4.21 Å². The molecule has 0 saturated carbocycles. The monoisotopic (exact) mass is 280 g/mol. The van der Waals surface area contributed by atoms with Crippen LogP contribution in [0, 0.1) is 0 Å². The number of carbonyl (C=O) groups excluding carboxylic acids is 1. The minimum Gasteiger partial charge on any atom is -0.302 e. The third kappa shape index (κ3) is 3.28. The zero-order valence-corrected chi connectivity index (χ0v) is 12.2. The predicted molar refractivity (Wildman–Crippen MR) is 52.7 cm³/mol. The van der Waals surface area contributed by atoms with Gasteiger partial charge in [0.05, 0.1) is 4.90 Å². The fourth-order valence-electron chi connectivity index (χ4n) is 0.873. The fourth-order valence-corrected chi connectivity index (χ4v) is 1.72. The summed E-state index contributed by atoms with van der Waals surface area (Å²) in [6.07, 6.45) is 0. The van der Waals surface area contributed by atoms with Gasteiger partial charge in [-0.05, 0) is 19.1 Å². The third-order valence-electron chi connectivity index (χ3n) is 1.55. The Hall–Kier alpha value is -0.0266. The standard InChI is InChI=1S/C8H8O3S2.Zn/c1-5(9)6-2-3-7(12)8(4-6)13(10)11;/h2-4,12H,1H3,(H,10,11);. The Morgan fingerprint density at radius 1 is 1.50 bits per heavy atom. The second-order valence-corrected chi connectivity index (χ2v) is 3.91. The summed E-state index contributed by atoms with van der Waals surface area (Å²) < 4.78 is 19.6. The molecule has 1 N–H and O–H groups in total. The van der Waals surface area contributed by atoms with Crippen LogP contribution in [0.1, 0.15) is 17.3 Å². The summed E-state index contributed by atoms with van der Waals surface area (Å²) in [4.78, 5) is 11.5. The van der Waals surface area contributed by atoms with Crippen LogP contribution in [-0.4, -0.2) is 14.5 Å². The van der Waals surface area contributed by atoms with Crippen molar-refractivity contribution in [2.45, 2.75) is 16.7 Å². The van der Waals surface area contributed by atoms with E-state index in [-0.39, 0.29) is 30.2 Å². The summed E-state index contributed by atoms with van der Waals surface area (Å²) in [6, 6.07) is 4.48. The van der Waals surface area contributed by atoms with Crippen molar-refractivity contribution in [2.75, 3.05) is 0 Å². The molecule has 0 saturated heterocycles. The molecule has 14 heavy (non-hydrogen) atoms. The number of thiol groups is 1. The van der Waals surface area contributed by atoms with E-state index in [9.17, 15) is 9.00 Å². The smallest absolute Gasteiger partial charge is 0.187 e. The van der Waals surface area contributed by atoms with Gasteiger partial charge in [-0.15, -0.1) is 12.6 Å². The van der Waals surface area contributed by atoms with Crippen LogP contribution < -0.4 is 0 Å². The van der Waals surface area contributed by atoms with Crippen LogP contribution in [0.15, 0.2) is 28.0 Å². The Labute approximate surface area is 103 Å². The van der Waals surface area contributed by atoms with Crippen LogP contribution in [0.25, 0.3) is 0 Å². The summed E-state index contributed by atoms with van der Waals surface area (Å²) in [5, 5.41) is 0. The van der Waals surface area contributed by atoms with Gasteiger partial charge in [-0.3, -0.25) is 4.79 Å². The maximum Gasteiger partial charge on any atom is 0.187 e. The molecule has 0 aliphatic carbocycles. The molecule has 0 heterocycles. The Morgan fingerprint density at radius 2 is 2.07 bits per heavy atom. The first-order valence-corrected chi connectivity index (χ1v) is 5.02. The average Bonchev–Trinajstić information content (AvgIpc) is 2.04. The van der Waals surface area contributed by atoms with E-state index in [1.165, 1.54) is 19.1 Å². The van der Waals surface area contributed by atoms with Crippen LogP contribution in [0.4, 0.5) is 0 Å². The Kier molecular flexibility index (Phi) is 5.75. The molecular formula is C8H8O3S2Zn. The number of rotatable bonds is 2. The van der Waals surface area contributed by atoms with Gasteiger partial charge in [0.1, 0.15) is 0 Å². The molecule has 0 radical (unpaired) electrons. The van der Waals surface area contributed by atoms with E-state index < -0.39 is 11.1 Å². The largest absolute Gasteiger partial charge is 0.302 e. The molecule has 0 aliphatic heterocycles. The van der Waals surface area contributed by atoms with Crippen LogP contribution >= 0.6 is 12.6 Å². The fraction of sp³-hybridized carbons (Fsp3) is 0.125. The van der Waals surface area contributed by atoms with Gasteiger partial charge in [-0.2, -0.15) is 0 Å². The molecule has 0 fully saturated rings. The molecule has 3 nitrogen and oxygen atoms in total. The first-order chi connectivity index (χ1) is 6.02. The number of ketones is 1. The molecule has 0 bridgehead atoms. The van der Waals surface area contributed by atoms with Crippen LogP contribution in [0.3, 0.4) is 0 Å². The Bertz CT molecular complexity index is 379. The molecule has 0 spiro atoms. The molecule has 1 aromatic rings. The quantitative estimate of drug-likeness (QED) is 0.376. The van der Waals surface area contributed by atoms with E-state index in [0.717, 1.165) is 0 Å². The van der Waals surface area contributed by atoms with Crippen molar-refractivity contribution in [1.82, 2.24) is 0 Å². The molecule has 6 heteroatoms. The first-order valence-electron chi connectivity index (χ1n) is 3.47. The van der Waals surface area contributed by atoms with Crippen LogP contribution in [-0.2, 0) is 30.6 Å². The van der Waals surface area contributed by atoms with Crippen LogP contribution in [0.5, 0.6) is 0 Å². The van der Waals surface area contributed by atoms with Crippen LogP contribution in [0.2, 0.25) is 0 Å². The molecule has 72 valence electrons. The zero-order valence-electron chi connectivity index (χ0n) is 7.56. The first kappa shape index (κ1) is 14.0. The van der Waals surface area contributed by atoms with Crippen molar-refractivity contribution in [3.63, 3.8) is 0 Å². The minimum absolute atomic E-state index is 0. The normalized spacial score (nSPS) is 11.6. The van der Waals surface area contributed by atoms with Crippen molar-refractivity contribution in [2.24, 2.45) is 0 Å². The predicted octanol–water partition coefficient (Wildman–Crippen LogP) is 1.76. The summed E-state index contributed by atoms with van der Waals surface area (Å²) in [6.45, 7) is 1.40. The van der Waals surface area contributed by atoms with E-state index in [1.807, 2.05) is 0 Å². The van der Waals surface area contributed by atoms with E-state index in [0.29, 0.717) is 10.5 Å². The van der Waals surface area contributed by atoms with Crippen molar-refractivity contribution in [3.05, 3.63) is 23.8 Å². The van der Waals surface area contributed by atoms with E-state index in [4.69, 9.17) is 4.55 Å². The molecule has 0 aliphatic rings. The summed E-state index contributed by atoms with van der Waals surface area (Å²) in [7, 11) is 0. The number of Topliss-reactive ketones (excluding diaryl/α,β-unsaturated/α-hetero) is 1. The topological polar surface area (TPSA) is 54.4 Å². The van der Waals surface area contributed by atoms with Crippen molar-refractivity contribution in [3.8, 4) is 0 Å². The van der Waals surface area contributed by atoms with E-state index >= 15 is 0 Å². The van der Waals surface area contributed by atoms with Gasteiger partial charge in [-0.1, -0.05) is 6.07 Å². The van der Waals surface area contributed by atoms with Gasteiger partial charge in [0.15, 0.2) is 16.9 Å². The second-order valence-electron chi connectivity index (χ2n) is 2.49. The van der Waals surface area contributed by atoms with Crippen molar-refractivity contribution in [1.29, 1.82) is 0 Å². The van der Waals surface area contributed by atoms with Gasteiger partial charge in [0.2, 0.25) is 0 Å². The number of benzene rings is 1. The van der Waals surface area contributed by atoms with Gasteiger partial charge in [0, 0.05) is 29.9 Å². The number of carbonyl (C=O) groups is 1.